The highest BCUT2D eigenvalue weighted by Gasteiger charge is 2.31. The number of rotatable bonds is 17. The van der Waals surface area contributed by atoms with Crippen LogP contribution in [0.4, 0.5) is 11.9 Å². The molecule has 0 unspecified atom stereocenters. The van der Waals surface area contributed by atoms with Crippen LogP contribution in [0.15, 0.2) is 190 Å². The third-order valence-corrected chi connectivity index (χ3v) is 18.8. The molecule has 11 heterocycles. The number of anilines is 2. The van der Waals surface area contributed by atoms with Crippen molar-refractivity contribution in [3.8, 4) is 5.69 Å². The number of esters is 4. The number of hydrogen-bond donors (Lipinski definition) is 7. The van der Waals surface area contributed by atoms with Crippen LogP contribution >= 0.6 is 12.4 Å². The first-order chi connectivity index (χ1) is 58.2. The van der Waals surface area contributed by atoms with Gasteiger partial charge in [-0.3, -0.25) is 72.2 Å². The normalized spacial score (nSPS) is 12.2. The number of carbonyl (C=O) groups excluding carboxylic acids is 4. The summed E-state index contributed by atoms with van der Waals surface area (Å²) in [6, 6.07) is 36.7. The van der Waals surface area contributed by atoms with Gasteiger partial charge >= 0.3 is 46.6 Å². The molecule has 41 heteroatoms. The highest BCUT2D eigenvalue weighted by molar-refractivity contribution is 5.85. The van der Waals surface area contributed by atoms with Gasteiger partial charge in [-0.25, -0.2) is 57.4 Å². The molecule has 1 saturated heterocycles. The molecule has 124 heavy (non-hydrogen) atoms. The Morgan fingerprint density at radius 3 is 1.42 bits per heavy atom. The Labute approximate surface area is 710 Å². The lowest BCUT2D eigenvalue weighted by Gasteiger charge is -2.29. The summed E-state index contributed by atoms with van der Waals surface area (Å²) in [5.74, 6) is -1.44. The summed E-state index contributed by atoms with van der Waals surface area (Å²) < 4.78 is 32.8. The van der Waals surface area contributed by atoms with Gasteiger partial charge in [-0.1, -0.05) is 122 Å². The molecule has 0 bridgehead atoms. The molecule has 1 aliphatic heterocycles. The van der Waals surface area contributed by atoms with Gasteiger partial charge in [0.25, 0.3) is 27.8 Å². The first-order valence-electron chi connectivity index (χ1n) is 38.7. The van der Waals surface area contributed by atoms with Crippen LogP contribution in [-0.2, 0) is 91.7 Å². The van der Waals surface area contributed by atoms with E-state index in [4.69, 9.17) is 24.7 Å². The number of piperazine rings is 1. The van der Waals surface area contributed by atoms with Crippen molar-refractivity contribution in [2.24, 2.45) is 28.7 Å². The summed E-state index contributed by atoms with van der Waals surface area (Å²) in [5, 5.41) is 3.31. The van der Waals surface area contributed by atoms with Gasteiger partial charge in [0.2, 0.25) is 11.9 Å². The summed E-state index contributed by atoms with van der Waals surface area (Å²) in [4.78, 5) is 199. The predicted molar refractivity (Wildman–Crippen MR) is 465 cm³/mol. The minimum Gasteiger partial charge on any atom is -0.443 e. The SMILES string of the molecule is C=Cc1ccccc1-n1c(N2CCNCC2)nc2c1c(=O)[nH]c(=O)n2C.CC(C)(C)C(=O)OCn1c(=O)c2[nH]cnc2n(COC(=O)C(C)(C)C)c1=O.CC(C)(C)C(=O)OCn1c(=O)c2c(ncn2Cc2ccccc2)n(COC(=O)C(C)(C)C)c1=O.Cl.Nc1nc2ncn(Cc3ccccc3)c2c(=O)[nH]1.O=c1[nH]c(=O)c2c(ncn2Cc2ccccc2)[nH]1. The van der Waals surface area contributed by atoms with E-state index in [-0.39, 0.29) is 46.2 Å². The zero-order valence-corrected chi connectivity index (χ0v) is 71.2. The van der Waals surface area contributed by atoms with Crippen LogP contribution in [-0.4, -0.2) is 146 Å². The van der Waals surface area contributed by atoms with Crippen molar-refractivity contribution < 1.29 is 38.1 Å². The van der Waals surface area contributed by atoms with Crippen molar-refractivity contribution in [3.05, 3.63) is 263 Å². The molecular weight excluding hydrogens is 1630 g/mol. The maximum Gasteiger partial charge on any atom is 0.338 e. The first-order valence-corrected chi connectivity index (χ1v) is 38.7. The maximum absolute atomic E-state index is 13.3. The van der Waals surface area contributed by atoms with E-state index >= 15 is 0 Å². The van der Waals surface area contributed by atoms with E-state index in [1.165, 1.54) is 17.2 Å². The lowest BCUT2D eigenvalue weighted by atomic mass is 9.97. The summed E-state index contributed by atoms with van der Waals surface area (Å²) >= 11 is 0. The van der Waals surface area contributed by atoms with Crippen LogP contribution in [0, 0.1) is 21.7 Å². The van der Waals surface area contributed by atoms with Crippen LogP contribution in [0.3, 0.4) is 0 Å². The molecule has 0 spiro atoms. The lowest BCUT2D eigenvalue weighted by Crippen LogP contribution is -2.44. The smallest absolute Gasteiger partial charge is 0.338 e. The quantitative estimate of drug-likeness (QED) is 0.0432. The Hall–Kier alpha value is -14.7. The highest BCUT2D eigenvalue weighted by atomic mass is 35.5. The molecule has 40 nitrogen and oxygen atoms in total. The van der Waals surface area contributed by atoms with Crippen molar-refractivity contribution in [3.63, 3.8) is 0 Å². The Balaban J connectivity index is 0.000000165. The summed E-state index contributed by atoms with van der Waals surface area (Å²) in [6.45, 7) is 26.6. The number of hydrogen-bond acceptors (Lipinski definition) is 26. The van der Waals surface area contributed by atoms with Gasteiger partial charge in [-0.05, 0) is 111 Å². The molecule has 10 aromatic heterocycles. The topological polar surface area (TPSA) is 501 Å². The van der Waals surface area contributed by atoms with E-state index in [0.717, 1.165) is 72.4 Å². The number of imidazole rings is 5. The molecule has 1 fully saturated rings. The van der Waals surface area contributed by atoms with Crippen LogP contribution < -0.4 is 66.5 Å². The molecular formula is C83H96ClN23O17. The average molecular weight is 1720 g/mol. The molecule has 15 rings (SSSR count). The van der Waals surface area contributed by atoms with Crippen LogP contribution in [0.25, 0.3) is 67.6 Å². The number of H-pyrrole nitrogens is 5. The summed E-state index contributed by atoms with van der Waals surface area (Å²) in [5.41, 5.74) is 4.46. The number of fused-ring (bicyclic) bond motifs is 5. The Morgan fingerprint density at radius 1 is 0.476 bits per heavy atom. The molecule has 652 valence electrons. The number of halogens is 1. The Kier molecular flexibility index (Phi) is 28.3. The lowest BCUT2D eigenvalue weighted by molar-refractivity contribution is -0.158. The van der Waals surface area contributed by atoms with Gasteiger partial charge in [0.1, 0.15) is 5.52 Å². The standard InChI is InChI=1S/C24H30N4O6.C18H20N6O2.C17H24N4O6.C12H11N5O.C12H10N4O2.ClH/c1-23(2,3)20(30)33-14-27-18-17(26(13-25-18)12-16-10-8-7-9-11-16)19(29)28(22(27)32)15-34-21(31)24(4,5)6;1-3-12-6-4-5-7-13(12)24-14-15(22(2)18(26)21-16(14)25)20-17(24)23-10-8-19-9-11-23;1-16(2,3)13(23)26-8-20-11-10(18-7-19-11)12(22)21(15(20)25)9-27-14(24)17(4,5)6;13-12-15-10-9(11(18)16-12)17(7-14-10)6-8-4-2-1-3-5-8;17-11-9-10(14-12(18)15-11)13-7-16(9)6-8-4-2-1-3-5-8;/h7-11,13H,12,14-15H2,1-6H3;3-7,19H,1,8-11H2,2H3,(H,21,25,26);7H,8-9H2,1-6H3,(H,18,19);1-5,7H,6H2,(H3,13,15,16,18);1-5,7H,6H2,(H2,14,15,17,18);1H. The van der Waals surface area contributed by atoms with Gasteiger partial charge < -0.3 is 53.6 Å². The molecule has 0 radical (unpaired) electrons. The number of nitrogens with two attached hydrogens (primary N) is 1. The number of nitrogen functional groups attached to an aromatic ring is 1. The summed E-state index contributed by atoms with van der Waals surface area (Å²) in [6.07, 6.45) is 7.59. The number of aromatic nitrogens is 20. The van der Waals surface area contributed by atoms with E-state index in [9.17, 15) is 62.3 Å². The molecule has 0 amide bonds. The molecule has 0 aliphatic carbocycles. The monoisotopic (exact) mass is 1720 g/mol. The van der Waals surface area contributed by atoms with Crippen molar-refractivity contribution >= 4 is 110 Å². The molecule has 4 aromatic carbocycles. The van der Waals surface area contributed by atoms with Crippen molar-refractivity contribution in [2.45, 2.75) is 130 Å². The number of nitrogens with one attached hydrogen (secondary N) is 6. The van der Waals surface area contributed by atoms with Crippen LogP contribution in [0.2, 0.25) is 0 Å². The van der Waals surface area contributed by atoms with E-state index in [2.05, 4.69) is 71.6 Å². The van der Waals surface area contributed by atoms with Crippen molar-refractivity contribution in [1.82, 2.24) is 101 Å². The van der Waals surface area contributed by atoms with E-state index in [0.29, 0.717) is 59.1 Å². The molecule has 14 aromatic rings. The number of para-hydroxylation sites is 1. The Morgan fingerprint density at radius 2 is 0.911 bits per heavy atom. The van der Waals surface area contributed by atoms with Crippen LogP contribution in [0.1, 0.15) is 105 Å². The minimum absolute atomic E-state index is 0. The zero-order valence-electron chi connectivity index (χ0n) is 70.4. The third-order valence-electron chi connectivity index (χ3n) is 18.8. The van der Waals surface area contributed by atoms with Crippen molar-refractivity contribution in [2.75, 3.05) is 36.8 Å². The Bertz CT molecular complexity index is 6840. The largest absolute Gasteiger partial charge is 0.443 e. The van der Waals surface area contributed by atoms with Gasteiger partial charge in [-0.15, -0.1) is 12.4 Å². The summed E-state index contributed by atoms with van der Waals surface area (Å²) in [7, 11) is 1.61. The maximum atomic E-state index is 13.3. The first kappa shape index (κ1) is 91.6. The number of ether oxygens (including phenoxy) is 4. The average Bonchev–Trinajstić information content (AvgIpc) is 1.58. The second-order valence-electron chi connectivity index (χ2n) is 32.4. The van der Waals surface area contributed by atoms with Crippen LogP contribution in [0.5, 0.6) is 0 Å². The number of benzene rings is 4. The highest BCUT2D eigenvalue weighted by Crippen LogP contribution is 2.29. The fourth-order valence-corrected chi connectivity index (χ4v) is 12.2. The zero-order chi connectivity index (χ0) is 89.2. The molecule has 0 atom stereocenters. The fourth-order valence-electron chi connectivity index (χ4n) is 12.2. The van der Waals surface area contributed by atoms with Gasteiger partial charge in [0.15, 0.2) is 77.2 Å². The number of carbonyl (C=O) groups is 4. The van der Waals surface area contributed by atoms with Crippen molar-refractivity contribution in [1.29, 1.82) is 0 Å². The van der Waals surface area contributed by atoms with E-state index in [1.54, 1.807) is 123 Å². The molecule has 1 aliphatic rings. The van der Waals surface area contributed by atoms with Gasteiger partial charge in [0, 0.05) is 52.9 Å². The molecule has 0 saturated carbocycles. The predicted octanol–water partition coefficient (Wildman–Crippen LogP) is 5.58. The second-order valence-corrected chi connectivity index (χ2v) is 32.4. The third kappa shape index (κ3) is 21.2. The fraction of sp³-hybridized carbons (Fsp3) is 0.337. The number of nitrogens with zero attached hydrogens (tertiary/aromatic N) is 16. The number of aromatic amines is 5. The van der Waals surface area contributed by atoms with Gasteiger partial charge in [0.05, 0.1) is 52.7 Å². The van der Waals surface area contributed by atoms with Gasteiger partial charge in [-0.2, -0.15) is 9.97 Å². The van der Waals surface area contributed by atoms with E-state index < -0.39 is 117 Å². The second kappa shape index (κ2) is 38.4. The minimum atomic E-state index is -0.815. The molecule has 8 N–H and O–H groups in total. The number of aryl methyl sites for hydroxylation is 1. The van der Waals surface area contributed by atoms with E-state index in [1.807, 2.05) is 120 Å².